The second-order valence-corrected chi connectivity index (χ2v) is 5.72. The van der Waals surface area contributed by atoms with Crippen molar-refractivity contribution in [2.45, 2.75) is 53.0 Å². The number of carboxylic acid groups (broad SMARTS) is 1. The first kappa shape index (κ1) is 15.5. The summed E-state index contributed by atoms with van der Waals surface area (Å²) >= 11 is 0. The molecule has 0 amide bonds. The molecule has 0 saturated carbocycles. The van der Waals surface area contributed by atoms with Gasteiger partial charge in [-0.15, -0.1) is 0 Å². The Hall–Kier alpha value is -1.58. The van der Waals surface area contributed by atoms with E-state index in [0.29, 0.717) is 24.4 Å². The maximum absolute atomic E-state index is 12.5. The van der Waals surface area contributed by atoms with Gasteiger partial charge in [0.1, 0.15) is 0 Å². The number of pyridine rings is 1. The Labute approximate surface area is 114 Å². The smallest absolute Gasteiger partial charge is 0.314 e. The van der Waals surface area contributed by atoms with Crippen molar-refractivity contribution in [3.8, 4) is 0 Å². The molecule has 1 rings (SSSR count). The molecule has 0 radical (unpaired) electrons. The Morgan fingerprint density at radius 1 is 1.47 bits per heavy atom. The van der Waals surface area contributed by atoms with Crippen LogP contribution in [0.4, 0.5) is 0 Å². The summed E-state index contributed by atoms with van der Waals surface area (Å²) in [5.74, 6) is -0.608. The van der Waals surface area contributed by atoms with Crippen LogP contribution in [-0.4, -0.2) is 15.6 Å². The molecule has 106 valence electrons. The third kappa shape index (κ3) is 2.88. The zero-order valence-corrected chi connectivity index (χ0v) is 12.4. The highest BCUT2D eigenvalue weighted by Gasteiger charge is 2.37. The highest BCUT2D eigenvalue weighted by Crippen LogP contribution is 2.27. The summed E-state index contributed by atoms with van der Waals surface area (Å²) in [5, 5.41) is 9.46. The predicted molar refractivity (Wildman–Crippen MR) is 75.6 cm³/mol. The van der Waals surface area contributed by atoms with Crippen LogP contribution >= 0.6 is 0 Å². The van der Waals surface area contributed by atoms with Crippen LogP contribution in [0.25, 0.3) is 0 Å². The van der Waals surface area contributed by atoms with Crippen molar-refractivity contribution < 1.29 is 9.90 Å². The number of carboxylic acids is 1. The lowest BCUT2D eigenvalue weighted by atomic mass is 9.78. The minimum absolute atomic E-state index is 0.180. The SMILES string of the molecule is CCC(C)(C(=O)O)c1c(C)ccn(CC(C)C)c1=O. The topological polar surface area (TPSA) is 59.3 Å². The van der Waals surface area contributed by atoms with Gasteiger partial charge in [-0.05, 0) is 37.8 Å². The van der Waals surface area contributed by atoms with Crippen molar-refractivity contribution in [1.82, 2.24) is 4.57 Å². The zero-order chi connectivity index (χ0) is 14.8. The van der Waals surface area contributed by atoms with E-state index in [0.717, 1.165) is 5.56 Å². The molecule has 0 bridgehead atoms. The molecule has 1 atom stereocenters. The largest absolute Gasteiger partial charge is 0.481 e. The van der Waals surface area contributed by atoms with Gasteiger partial charge in [-0.1, -0.05) is 20.8 Å². The summed E-state index contributed by atoms with van der Waals surface area (Å²) in [4.78, 5) is 24.1. The van der Waals surface area contributed by atoms with E-state index < -0.39 is 11.4 Å². The predicted octanol–water partition coefficient (Wildman–Crippen LogP) is 2.57. The number of carbonyl (C=O) groups is 1. The minimum Gasteiger partial charge on any atom is -0.481 e. The Morgan fingerprint density at radius 3 is 2.47 bits per heavy atom. The fraction of sp³-hybridized carbons (Fsp3) is 0.600. The molecule has 1 heterocycles. The number of aliphatic carboxylic acids is 1. The van der Waals surface area contributed by atoms with Crippen LogP contribution in [0.3, 0.4) is 0 Å². The lowest BCUT2D eigenvalue weighted by Gasteiger charge is -2.25. The van der Waals surface area contributed by atoms with Crippen LogP contribution in [0.2, 0.25) is 0 Å². The molecule has 19 heavy (non-hydrogen) atoms. The molecule has 1 N–H and O–H groups in total. The van der Waals surface area contributed by atoms with E-state index in [9.17, 15) is 14.7 Å². The Kier molecular flexibility index (Phi) is 4.56. The lowest BCUT2D eigenvalue weighted by Crippen LogP contribution is -2.40. The first-order chi connectivity index (χ1) is 8.74. The molecule has 0 aliphatic rings. The summed E-state index contributed by atoms with van der Waals surface area (Å²) < 4.78 is 1.61. The van der Waals surface area contributed by atoms with E-state index in [-0.39, 0.29) is 5.56 Å². The molecule has 0 fully saturated rings. The van der Waals surface area contributed by atoms with Gasteiger partial charge >= 0.3 is 5.97 Å². The molecule has 0 spiro atoms. The first-order valence-electron chi connectivity index (χ1n) is 6.68. The monoisotopic (exact) mass is 265 g/mol. The van der Waals surface area contributed by atoms with Crippen molar-refractivity contribution in [2.75, 3.05) is 0 Å². The third-order valence-electron chi connectivity index (χ3n) is 3.67. The van der Waals surface area contributed by atoms with Crippen LogP contribution in [-0.2, 0) is 16.8 Å². The van der Waals surface area contributed by atoms with E-state index in [1.54, 1.807) is 31.5 Å². The van der Waals surface area contributed by atoms with Crippen LogP contribution in [0.15, 0.2) is 17.1 Å². The highest BCUT2D eigenvalue weighted by atomic mass is 16.4. The number of aromatic nitrogens is 1. The van der Waals surface area contributed by atoms with Gasteiger partial charge in [0.25, 0.3) is 5.56 Å². The summed E-state index contributed by atoms with van der Waals surface area (Å²) in [5.41, 5.74) is -0.149. The quantitative estimate of drug-likeness (QED) is 0.890. The first-order valence-corrected chi connectivity index (χ1v) is 6.68. The maximum atomic E-state index is 12.5. The van der Waals surface area contributed by atoms with Gasteiger partial charge in [-0.25, -0.2) is 0 Å². The van der Waals surface area contributed by atoms with Gasteiger partial charge in [0, 0.05) is 18.3 Å². The van der Waals surface area contributed by atoms with Crippen molar-refractivity contribution in [1.29, 1.82) is 0 Å². The molecule has 0 aliphatic carbocycles. The number of rotatable bonds is 5. The Morgan fingerprint density at radius 2 is 2.05 bits per heavy atom. The van der Waals surface area contributed by atoms with Crippen LogP contribution in [0, 0.1) is 12.8 Å². The molecule has 0 saturated heterocycles. The molecule has 1 unspecified atom stereocenters. The molecular weight excluding hydrogens is 242 g/mol. The summed E-state index contributed by atoms with van der Waals surface area (Å²) in [6.45, 7) is 9.88. The third-order valence-corrected chi connectivity index (χ3v) is 3.67. The molecule has 0 aromatic carbocycles. The van der Waals surface area contributed by atoms with Gasteiger partial charge in [0.05, 0.1) is 5.41 Å². The molecule has 0 aliphatic heterocycles. The second kappa shape index (κ2) is 5.59. The molecule has 1 aromatic heterocycles. The molecular formula is C15H23NO3. The zero-order valence-electron chi connectivity index (χ0n) is 12.4. The fourth-order valence-electron chi connectivity index (χ4n) is 2.31. The van der Waals surface area contributed by atoms with Gasteiger partial charge in [-0.2, -0.15) is 0 Å². The lowest BCUT2D eigenvalue weighted by molar-refractivity contribution is -0.143. The van der Waals surface area contributed by atoms with Crippen molar-refractivity contribution in [2.24, 2.45) is 5.92 Å². The van der Waals surface area contributed by atoms with Crippen molar-refractivity contribution >= 4 is 5.97 Å². The molecule has 4 nitrogen and oxygen atoms in total. The molecule has 4 heteroatoms. The van der Waals surface area contributed by atoms with Crippen LogP contribution < -0.4 is 5.56 Å². The normalized spacial score (nSPS) is 14.4. The minimum atomic E-state index is -1.12. The maximum Gasteiger partial charge on any atom is 0.314 e. The van der Waals surface area contributed by atoms with Crippen molar-refractivity contribution in [3.05, 3.63) is 33.7 Å². The van der Waals surface area contributed by atoms with E-state index in [1.165, 1.54) is 0 Å². The van der Waals surface area contributed by atoms with E-state index in [4.69, 9.17) is 0 Å². The van der Waals surface area contributed by atoms with Crippen LogP contribution in [0.5, 0.6) is 0 Å². The number of nitrogens with zero attached hydrogens (tertiary/aromatic N) is 1. The van der Waals surface area contributed by atoms with Gasteiger partial charge in [0.2, 0.25) is 0 Å². The van der Waals surface area contributed by atoms with E-state index in [1.807, 2.05) is 19.9 Å². The number of hydrogen-bond acceptors (Lipinski definition) is 2. The summed E-state index contributed by atoms with van der Waals surface area (Å²) in [6.07, 6.45) is 2.14. The van der Waals surface area contributed by atoms with Gasteiger partial charge in [-0.3, -0.25) is 9.59 Å². The van der Waals surface area contributed by atoms with Gasteiger partial charge in [0.15, 0.2) is 0 Å². The Bertz CT molecular complexity index is 531. The average molecular weight is 265 g/mol. The second-order valence-electron chi connectivity index (χ2n) is 5.72. The van der Waals surface area contributed by atoms with E-state index in [2.05, 4.69) is 0 Å². The fourth-order valence-corrected chi connectivity index (χ4v) is 2.31. The van der Waals surface area contributed by atoms with Gasteiger partial charge < -0.3 is 9.67 Å². The number of hydrogen-bond donors (Lipinski definition) is 1. The Balaban J connectivity index is 3.51. The standard InChI is InChI=1S/C15H23NO3/c1-6-15(5,14(18)19)12-11(4)7-8-16(13(12)17)9-10(2)3/h7-8,10H,6,9H2,1-5H3,(H,18,19). The van der Waals surface area contributed by atoms with E-state index >= 15 is 0 Å². The summed E-state index contributed by atoms with van der Waals surface area (Å²) in [7, 11) is 0. The average Bonchev–Trinajstić information content (AvgIpc) is 2.32. The van der Waals surface area contributed by atoms with Crippen molar-refractivity contribution in [3.63, 3.8) is 0 Å². The van der Waals surface area contributed by atoms with Crippen LogP contribution in [0.1, 0.15) is 45.2 Å². The highest BCUT2D eigenvalue weighted by molar-refractivity contribution is 5.81. The number of aryl methyl sites for hydroxylation is 1. The summed E-state index contributed by atoms with van der Waals surface area (Å²) in [6, 6.07) is 1.83. The molecule has 1 aromatic rings.